The van der Waals surface area contributed by atoms with Crippen LogP contribution in [0.1, 0.15) is 72.8 Å². The summed E-state index contributed by atoms with van der Waals surface area (Å²) in [6, 6.07) is 3.32. The first-order valence-electron chi connectivity index (χ1n) is 12.4. The van der Waals surface area contributed by atoms with Gasteiger partial charge in [0.25, 0.3) is 0 Å². The lowest BCUT2D eigenvalue weighted by Crippen LogP contribution is -2.36. The number of nitrogens with two attached hydrogens (primary N) is 1. The molecule has 0 bridgehead atoms. The number of rotatable bonds is 14. The average Bonchev–Trinajstić information content (AvgIpc) is 2.78. The Kier molecular flexibility index (Phi) is 14.1. The molecule has 0 aliphatic heterocycles. The summed E-state index contributed by atoms with van der Waals surface area (Å²) in [6.45, 7) is 10.1. The highest BCUT2D eigenvalue weighted by atomic mass is 16.7. The number of benzene rings is 1. The molecule has 2 N–H and O–H groups in total. The van der Waals surface area contributed by atoms with Gasteiger partial charge in [0.2, 0.25) is 0 Å². The van der Waals surface area contributed by atoms with Crippen LogP contribution in [0.5, 0.6) is 11.5 Å². The minimum atomic E-state index is -1.06. The summed E-state index contributed by atoms with van der Waals surface area (Å²) in [6.07, 6.45) is -0.302. The van der Waals surface area contributed by atoms with Gasteiger partial charge in [-0.05, 0) is 57.7 Å². The maximum Gasteiger partial charge on any atom is 0.514 e. The zero-order valence-electron chi connectivity index (χ0n) is 22.4. The smallest absolute Gasteiger partial charge is 0.461 e. The number of ether oxygens (including phenoxy) is 6. The second kappa shape index (κ2) is 16.4. The van der Waals surface area contributed by atoms with Gasteiger partial charge in [-0.2, -0.15) is 0 Å². The third kappa shape index (κ3) is 13.0. The van der Waals surface area contributed by atoms with Crippen molar-refractivity contribution in [2.24, 2.45) is 5.73 Å². The van der Waals surface area contributed by atoms with E-state index in [0.717, 1.165) is 12.8 Å². The Bertz CT molecular complexity index is 903. The molecule has 2 unspecified atom stereocenters. The van der Waals surface area contributed by atoms with E-state index in [1.165, 1.54) is 19.1 Å². The third-order valence-corrected chi connectivity index (χ3v) is 4.97. The van der Waals surface area contributed by atoms with Crippen molar-refractivity contribution in [2.45, 2.75) is 98.0 Å². The first-order chi connectivity index (χ1) is 17.4. The van der Waals surface area contributed by atoms with E-state index in [1.807, 2.05) is 13.8 Å². The molecule has 37 heavy (non-hydrogen) atoms. The number of carbonyl (C=O) groups is 4. The van der Waals surface area contributed by atoms with Crippen LogP contribution < -0.4 is 15.2 Å². The Hall–Kier alpha value is -3.34. The van der Waals surface area contributed by atoms with Crippen LogP contribution in [0.2, 0.25) is 0 Å². The first kappa shape index (κ1) is 31.7. The van der Waals surface area contributed by atoms with Gasteiger partial charge in [-0.3, -0.25) is 9.59 Å². The van der Waals surface area contributed by atoms with Gasteiger partial charge < -0.3 is 34.2 Å². The topological polar surface area (TPSA) is 150 Å². The minimum absolute atomic E-state index is 0.0245. The molecule has 1 rings (SSSR count). The van der Waals surface area contributed by atoms with Crippen molar-refractivity contribution < 1.29 is 47.6 Å². The first-order valence-corrected chi connectivity index (χ1v) is 12.4. The minimum Gasteiger partial charge on any atom is -0.461 e. The molecule has 0 spiro atoms. The van der Waals surface area contributed by atoms with Gasteiger partial charge in [0.05, 0.1) is 0 Å². The molecule has 0 radical (unpaired) electrons. The third-order valence-electron chi connectivity index (χ3n) is 4.97. The molecule has 208 valence electrons. The van der Waals surface area contributed by atoms with Crippen LogP contribution in [0.3, 0.4) is 0 Å². The SMILES string of the molecule is CCCC(C)OC(=O)Oc1ccc(C[C@H](N)C(=O)OC[C@H](C)OC(C)=O)cc1OC(=O)OC(C)CCC. The maximum absolute atomic E-state index is 12.3. The lowest BCUT2D eigenvalue weighted by atomic mass is 10.1. The Morgan fingerprint density at radius 3 is 1.86 bits per heavy atom. The molecular weight excluding hydrogens is 486 g/mol. The van der Waals surface area contributed by atoms with E-state index in [2.05, 4.69) is 0 Å². The molecule has 0 heterocycles. The van der Waals surface area contributed by atoms with Gasteiger partial charge in [-0.25, -0.2) is 9.59 Å². The predicted molar refractivity (Wildman–Crippen MR) is 133 cm³/mol. The fourth-order valence-corrected chi connectivity index (χ4v) is 3.29. The Morgan fingerprint density at radius 2 is 1.35 bits per heavy atom. The molecule has 0 saturated carbocycles. The quantitative estimate of drug-likeness (QED) is 0.208. The van der Waals surface area contributed by atoms with Crippen LogP contribution in [0, 0.1) is 0 Å². The van der Waals surface area contributed by atoms with Crippen LogP contribution in [-0.4, -0.2) is 55.2 Å². The molecule has 0 aromatic heterocycles. The molecule has 0 amide bonds. The fraction of sp³-hybridized carbons (Fsp3) is 0.615. The van der Waals surface area contributed by atoms with Crippen molar-refractivity contribution in [1.82, 2.24) is 0 Å². The molecule has 0 aliphatic carbocycles. The normalized spacial score (nSPS) is 13.9. The molecule has 1 aromatic rings. The predicted octanol–water partition coefficient (Wildman–Crippen LogP) is 4.46. The Labute approximate surface area is 217 Å². The van der Waals surface area contributed by atoms with Crippen LogP contribution in [0.4, 0.5) is 9.59 Å². The molecule has 11 nitrogen and oxygen atoms in total. The largest absolute Gasteiger partial charge is 0.514 e. The molecule has 11 heteroatoms. The second-order valence-corrected chi connectivity index (χ2v) is 8.78. The molecule has 0 saturated heterocycles. The summed E-state index contributed by atoms with van der Waals surface area (Å²) in [4.78, 5) is 47.8. The van der Waals surface area contributed by atoms with Gasteiger partial charge in [0.15, 0.2) is 11.5 Å². The summed E-state index contributed by atoms with van der Waals surface area (Å²) in [5.41, 5.74) is 6.47. The molecule has 1 aromatic carbocycles. The second-order valence-electron chi connectivity index (χ2n) is 8.78. The monoisotopic (exact) mass is 525 g/mol. The summed E-state index contributed by atoms with van der Waals surface area (Å²) in [5.74, 6) is -1.36. The highest BCUT2D eigenvalue weighted by Crippen LogP contribution is 2.30. The lowest BCUT2D eigenvalue weighted by Gasteiger charge is -2.17. The van der Waals surface area contributed by atoms with Gasteiger partial charge in [0.1, 0.15) is 31.0 Å². The maximum atomic E-state index is 12.3. The summed E-state index contributed by atoms with van der Waals surface area (Å²) in [7, 11) is 0. The molecule has 4 atom stereocenters. The van der Waals surface area contributed by atoms with Crippen molar-refractivity contribution >= 4 is 24.2 Å². The zero-order valence-corrected chi connectivity index (χ0v) is 22.4. The molecule has 0 fully saturated rings. The van der Waals surface area contributed by atoms with E-state index >= 15 is 0 Å². The lowest BCUT2D eigenvalue weighted by molar-refractivity contribution is -0.157. The fourth-order valence-electron chi connectivity index (χ4n) is 3.29. The van der Waals surface area contributed by atoms with Crippen molar-refractivity contribution in [2.75, 3.05) is 6.61 Å². The van der Waals surface area contributed by atoms with Gasteiger partial charge in [-0.15, -0.1) is 0 Å². The van der Waals surface area contributed by atoms with Gasteiger partial charge >= 0.3 is 24.2 Å². The summed E-state index contributed by atoms with van der Waals surface area (Å²) < 4.78 is 31.0. The van der Waals surface area contributed by atoms with E-state index in [-0.39, 0.29) is 36.7 Å². The highest BCUT2D eigenvalue weighted by Gasteiger charge is 2.22. The van der Waals surface area contributed by atoms with Crippen LogP contribution in [0.25, 0.3) is 0 Å². The average molecular weight is 526 g/mol. The Balaban J connectivity index is 2.96. The number of hydrogen-bond acceptors (Lipinski definition) is 11. The van der Waals surface area contributed by atoms with Crippen LogP contribution in [0.15, 0.2) is 18.2 Å². The molecule has 0 aliphatic rings. The van der Waals surface area contributed by atoms with Gasteiger partial charge in [-0.1, -0.05) is 32.8 Å². The van der Waals surface area contributed by atoms with E-state index in [0.29, 0.717) is 18.4 Å². The summed E-state index contributed by atoms with van der Waals surface area (Å²) in [5, 5.41) is 0. The van der Waals surface area contributed by atoms with Crippen molar-refractivity contribution in [1.29, 1.82) is 0 Å². The van der Waals surface area contributed by atoms with E-state index in [1.54, 1.807) is 26.8 Å². The van der Waals surface area contributed by atoms with E-state index in [9.17, 15) is 19.2 Å². The van der Waals surface area contributed by atoms with E-state index in [4.69, 9.17) is 34.2 Å². The van der Waals surface area contributed by atoms with Gasteiger partial charge in [0, 0.05) is 6.92 Å². The van der Waals surface area contributed by atoms with Crippen LogP contribution >= 0.6 is 0 Å². The Morgan fingerprint density at radius 1 is 0.811 bits per heavy atom. The van der Waals surface area contributed by atoms with E-state index < -0.39 is 36.4 Å². The number of carbonyl (C=O) groups excluding carboxylic acids is 4. The number of hydrogen-bond donors (Lipinski definition) is 1. The van der Waals surface area contributed by atoms with Crippen molar-refractivity contribution in [3.8, 4) is 11.5 Å². The zero-order chi connectivity index (χ0) is 28.0. The molecular formula is C26H39NO10. The summed E-state index contributed by atoms with van der Waals surface area (Å²) >= 11 is 0. The van der Waals surface area contributed by atoms with Crippen molar-refractivity contribution in [3.63, 3.8) is 0 Å². The highest BCUT2D eigenvalue weighted by molar-refractivity contribution is 5.76. The van der Waals surface area contributed by atoms with Crippen LogP contribution in [-0.2, 0) is 35.0 Å². The van der Waals surface area contributed by atoms with Crippen molar-refractivity contribution in [3.05, 3.63) is 23.8 Å². The number of esters is 2. The standard InChI is InChI=1S/C26H39NO10/c1-7-9-16(3)34-25(30)36-22-12-11-20(14-23(22)37-26(31)35-17(4)10-8-2)13-21(27)24(29)32-15-18(5)33-19(6)28/h11-12,14,16-18,21H,7-10,13,15,27H2,1-6H3/t16?,17?,18-,21-/m0/s1.